The number of carboxylic acid groups (broad SMARTS) is 1. The summed E-state index contributed by atoms with van der Waals surface area (Å²) in [6, 6.07) is 0.542. The van der Waals surface area contributed by atoms with E-state index in [0.29, 0.717) is 17.9 Å². The zero-order valence-corrected chi connectivity index (χ0v) is 17.2. The molecule has 0 fully saturated rings. The summed E-state index contributed by atoms with van der Waals surface area (Å²) in [6.45, 7) is 10.5. The van der Waals surface area contributed by atoms with Crippen molar-refractivity contribution in [3.05, 3.63) is 46.8 Å². The third kappa shape index (κ3) is 3.91. The molecular weight excluding hydrogens is 374 g/mol. The lowest BCUT2D eigenvalue weighted by Crippen LogP contribution is -2.24. The van der Waals surface area contributed by atoms with Gasteiger partial charge in [0.1, 0.15) is 11.7 Å². The number of carbonyl (C=O) groups is 2. The highest BCUT2D eigenvalue weighted by molar-refractivity contribution is 6.04. The molecule has 3 aromatic heterocycles. The Hall–Kier alpha value is -3.43. The molecule has 3 aromatic rings. The third-order valence-corrected chi connectivity index (χ3v) is 4.94. The van der Waals surface area contributed by atoms with Crippen LogP contribution in [0.3, 0.4) is 0 Å². The predicted octanol–water partition coefficient (Wildman–Crippen LogP) is 2.17. The van der Waals surface area contributed by atoms with E-state index in [1.54, 1.807) is 0 Å². The molecule has 10 nitrogen and oxygen atoms in total. The van der Waals surface area contributed by atoms with E-state index in [1.807, 2.05) is 43.3 Å². The molecule has 29 heavy (non-hydrogen) atoms. The number of carboxylic acids is 1. The van der Waals surface area contributed by atoms with Crippen LogP contribution in [0.25, 0.3) is 0 Å². The second-order valence-corrected chi connectivity index (χ2v) is 6.93. The first kappa shape index (κ1) is 20.3. The fourth-order valence-electron chi connectivity index (χ4n) is 3.15. The molecule has 2 N–H and O–H groups in total. The molecule has 0 bridgehead atoms. The van der Waals surface area contributed by atoms with Gasteiger partial charge in [0.15, 0.2) is 0 Å². The van der Waals surface area contributed by atoms with Crippen LogP contribution < -0.4 is 5.32 Å². The van der Waals surface area contributed by atoms with Crippen molar-refractivity contribution in [2.45, 2.75) is 53.8 Å². The maximum absolute atomic E-state index is 12.8. The fourth-order valence-corrected chi connectivity index (χ4v) is 3.15. The average molecular weight is 399 g/mol. The van der Waals surface area contributed by atoms with Gasteiger partial charge < -0.3 is 10.4 Å². The van der Waals surface area contributed by atoms with Gasteiger partial charge in [0, 0.05) is 24.5 Å². The van der Waals surface area contributed by atoms with Crippen LogP contribution in [0.4, 0.5) is 5.69 Å². The van der Waals surface area contributed by atoms with Gasteiger partial charge in [-0.05, 0) is 40.7 Å². The molecule has 3 heterocycles. The molecule has 0 aromatic carbocycles. The number of nitrogens with zero attached hydrogens (tertiary/aromatic N) is 6. The Morgan fingerprint density at radius 3 is 2.55 bits per heavy atom. The molecule has 1 atom stereocenters. The van der Waals surface area contributed by atoms with Gasteiger partial charge >= 0.3 is 5.97 Å². The number of anilines is 1. The Morgan fingerprint density at radius 1 is 1.21 bits per heavy atom. The van der Waals surface area contributed by atoms with Crippen molar-refractivity contribution in [3.8, 4) is 0 Å². The molecule has 0 saturated heterocycles. The SMILES string of the molecule is CCn1cc(Cn2nc(C)c(NC(=O)c3ccnn3C(C)C(=O)O)c2C)c(C)n1. The number of rotatable bonds is 7. The Balaban J connectivity index is 1.84. The van der Waals surface area contributed by atoms with E-state index in [1.165, 1.54) is 23.9 Å². The van der Waals surface area contributed by atoms with Gasteiger partial charge in [-0.25, -0.2) is 9.48 Å². The topological polar surface area (TPSA) is 120 Å². The first-order valence-corrected chi connectivity index (χ1v) is 9.37. The average Bonchev–Trinajstić information content (AvgIpc) is 3.36. The van der Waals surface area contributed by atoms with E-state index in [2.05, 4.69) is 20.6 Å². The summed E-state index contributed by atoms with van der Waals surface area (Å²) in [5.41, 5.74) is 4.25. The second kappa shape index (κ2) is 7.90. The number of hydrogen-bond donors (Lipinski definition) is 2. The number of nitrogens with one attached hydrogen (secondary N) is 1. The van der Waals surface area contributed by atoms with E-state index < -0.39 is 17.9 Å². The van der Waals surface area contributed by atoms with Crippen molar-refractivity contribution in [2.75, 3.05) is 5.32 Å². The highest BCUT2D eigenvalue weighted by Crippen LogP contribution is 2.22. The van der Waals surface area contributed by atoms with E-state index in [9.17, 15) is 14.7 Å². The Bertz CT molecular complexity index is 1060. The standard InChI is InChI=1S/C19H25N7O3/c1-6-24-9-15(11(2)22-24)10-25-13(4)17(12(3)23-25)21-18(27)16-7-8-20-26(16)14(5)19(28)29/h7-9,14H,6,10H2,1-5H3,(H,21,27)(H,28,29). The summed E-state index contributed by atoms with van der Waals surface area (Å²) >= 11 is 0. The summed E-state index contributed by atoms with van der Waals surface area (Å²) in [7, 11) is 0. The lowest BCUT2D eigenvalue weighted by Gasteiger charge is -2.12. The van der Waals surface area contributed by atoms with Gasteiger partial charge in [-0.15, -0.1) is 0 Å². The second-order valence-electron chi connectivity index (χ2n) is 6.93. The van der Waals surface area contributed by atoms with Crippen LogP contribution >= 0.6 is 0 Å². The van der Waals surface area contributed by atoms with Gasteiger partial charge in [0.05, 0.1) is 29.3 Å². The summed E-state index contributed by atoms with van der Waals surface area (Å²) < 4.78 is 4.89. The fraction of sp³-hybridized carbons (Fsp3) is 0.421. The van der Waals surface area contributed by atoms with Gasteiger partial charge in [-0.3, -0.25) is 14.2 Å². The maximum Gasteiger partial charge on any atom is 0.328 e. The van der Waals surface area contributed by atoms with Crippen molar-refractivity contribution in [2.24, 2.45) is 0 Å². The van der Waals surface area contributed by atoms with E-state index in [0.717, 1.165) is 23.5 Å². The zero-order valence-electron chi connectivity index (χ0n) is 17.2. The molecule has 0 aliphatic carbocycles. The van der Waals surface area contributed by atoms with E-state index in [-0.39, 0.29) is 5.69 Å². The monoisotopic (exact) mass is 399 g/mol. The summed E-state index contributed by atoms with van der Waals surface area (Å²) in [6.07, 6.45) is 3.40. The molecule has 154 valence electrons. The predicted molar refractivity (Wildman–Crippen MR) is 106 cm³/mol. The number of hydrogen-bond acceptors (Lipinski definition) is 5. The number of aryl methyl sites for hydroxylation is 3. The number of carbonyl (C=O) groups excluding carboxylic acids is 1. The minimum Gasteiger partial charge on any atom is -0.480 e. The summed E-state index contributed by atoms with van der Waals surface area (Å²) in [5, 5.41) is 25.0. The van der Waals surface area contributed by atoms with Crippen molar-refractivity contribution >= 4 is 17.6 Å². The van der Waals surface area contributed by atoms with Crippen molar-refractivity contribution in [1.29, 1.82) is 0 Å². The Morgan fingerprint density at radius 2 is 1.93 bits per heavy atom. The first-order valence-electron chi connectivity index (χ1n) is 9.37. The highest BCUT2D eigenvalue weighted by atomic mass is 16.4. The quantitative estimate of drug-likeness (QED) is 0.628. The van der Waals surface area contributed by atoms with Crippen LogP contribution in [-0.4, -0.2) is 46.3 Å². The Kier molecular flexibility index (Phi) is 5.53. The molecule has 0 aliphatic rings. The van der Waals surface area contributed by atoms with Crippen LogP contribution in [-0.2, 0) is 17.9 Å². The molecule has 1 unspecified atom stereocenters. The van der Waals surface area contributed by atoms with Crippen LogP contribution in [0.2, 0.25) is 0 Å². The number of aliphatic carboxylic acids is 1. The molecule has 10 heteroatoms. The van der Waals surface area contributed by atoms with Crippen molar-refractivity contribution in [1.82, 2.24) is 29.3 Å². The molecular formula is C19H25N7O3. The minimum absolute atomic E-state index is 0.173. The lowest BCUT2D eigenvalue weighted by molar-refractivity contribution is -0.140. The van der Waals surface area contributed by atoms with Gasteiger partial charge in [-0.1, -0.05) is 0 Å². The molecule has 3 rings (SSSR count). The molecule has 0 aliphatic heterocycles. The number of amides is 1. The first-order chi connectivity index (χ1) is 13.7. The smallest absolute Gasteiger partial charge is 0.328 e. The maximum atomic E-state index is 12.8. The Labute approximate surface area is 168 Å². The molecule has 1 amide bonds. The summed E-state index contributed by atoms with van der Waals surface area (Å²) in [4.78, 5) is 24.0. The summed E-state index contributed by atoms with van der Waals surface area (Å²) in [5.74, 6) is -1.50. The van der Waals surface area contributed by atoms with Crippen LogP contribution in [0.1, 0.15) is 53.0 Å². The highest BCUT2D eigenvalue weighted by Gasteiger charge is 2.23. The number of aromatic nitrogens is 6. The van der Waals surface area contributed by atoms with Gasteiger partial charge in [0.2, 0.25) is 0 Å². The van der Waals surface area contributed by atoms with E-state index >= 15 is 0 Å². The van der Waals surface area contributed by atoms with Crippen molar-refractivity contribution < 1.29 is 14.7 Å². The normalized spacial score (nSPS) is 12.2. The molecule has 0 saturated carbocycles. The third-order valence-electron chi connectivity index (χ3n) is 4.94. The van der Waals surface area contributed by atoms with Gasteiger partial charge in [0.25, 0.3) is 5.91 Å². The van der Waals surface area contributed by atoms with E-state index in [4.69, 9.17) is 0 Å². The largest absolute Gasteiger partial charge is 0.480 e. The zero-order chi connectivity index (χ0) is 21.3. The molecule has 0 spiro atoms. The van der Waals surface area contributed by atoms with Gasteiger partial charge in [-0.2, -0.15) is 15.3 Å². The van der Waals surface area contributed by atoms with Crippen molar-refractivity contribution in [3.63, 3.8) is 0 Å². The van der Waals surface area contributed by atoms with Crippen LogP contribution in [0, 0.1) is 20.8 Å². The molecule has 0 radical (unpaired) electrons. The minimum atomic E-state index is -1.06. The van der Waals surface area contributed by atoms with Crippen LogP contribution in [0.15, 0.2) is 18.5 Å². The lowest BCUT2D eigenvalue weighted by atomic mass is 10.2. The van der Waals surface area contributed by atoms with Crippen LogP contribution in [0.5, 0.6) is 0 Å².